The van der Waals surface area contributed by atoms with E-state index < -0.39 is 0 Å². The molecule has 0 saturated heterocycles. The van der Waals surface area contributed by atoms with E-state index in [1.807, 2.05) is 24.3 Å². The monoisotopic (exact) mass is 402 g/mol. The maximum Gasteiger partial charge on any atom is 0.323 e. The van der Waals surface area contributed by atoms with Crippen molar-refractivity contribution in [3.63, 3.8) is 0 Å². The number of hydrogen-bond donors (Lipinski definition) is 3. The number of aromatic nitrogens is 2. The highest BCUT2D eigenvalue weighted by Crippen LogP contribution is 2.47. The van der Waals surface area contributed by atoms with Crippen LogP contribution >= 0.6 is 11.8 Å². The largest absolute Gasteiger partial charge is 0.339 e. The number of carbonyl (C=O) groups excluding carboxylic acids is 1. The third kappa shape index (κ3) is 3.40. The molecule has 7 heteroatoms. The Morgan fingerprint density at radius 3 is 2.28 bits per heavy atom. The number of aromatic amines is 2. The van der Waals surface area contributed by atoms with Gasteiger partial charge in [0.2, 0.25) is 5.91 Å². The Morgan fingerprint density at radius 1 is 0.897 bits per heavy atom. The molecule has 6 nitrogen and oxygen atoms in total. The third-order valence-electron chi connectivity index (χ3n) is 4.89. The first-order valence-electron chi connectivity index (χ1n) is 9.33. The predicted molar refractivity (Wildman–Crippen MR) is 116 cm³/mol. The van der Waals surface area contributed by atoms with Gasteiger partial charge in [0.1, 0.15) is 0 Å². The van der Waals surface area contributed by atoms with E-state index in [1.54, 1.807) is 30.0 Å². The van der Waals surface area contributed by atoms with Crippen LogP contribution in [0.3, 0.4) is 0 Å². The topological polar surface area (TPSA) is 81.0 Å². The van der Waals surface area contributed by atoms with Crippen LogP contribution in [0.25, 0.3) is 11.0 Å². The van der Waals surface area contributed by atoms with Crippen molar-refractivity contribution in [1.82, 2.24) is 9.97 Å². The van der Waals surface area contributed by atoms with Crippen LogP contribution in [0.1, 0.15) is 6.42 Å². The predicted octanol–water partition coefficient (Wildman–Crippen LogP) is 4.49. The van der Waals surface area contributed by atoms with E-state index in [4.69, 9.17) is 0 Å². The zero-order valence-corrected chi connectivity index (χ0v) is 16.3. The number of benzene rings is 3. The first-order chi connectivity index (χ1) is 14.2. The standard InChI is InChI=1S/C22H18N4O2S/c27-21(23-14-9-10-15-16(13-14)25-22(28)24-15)11-12-26-17-5-1-3-7-19(17)29-20-8-4-2-6-18(20)26/h1-10,13H,11-12H2,(H,23,27)(H2,24,25,28). The average Bonchev–Trinajstić information content (AvgIpc) is 3.10. The normalized spacial score (nSPS) is 12.5. The molecule has 1 amide bonds. The van der Waals surface area contributed by atoms with Gasteiger partial charge in [0.15, 0.2) is 0 Å². The molecule has 29 heavy (non-hydrogen) atoms. The second kappa shape index (κ2) is 7.18. The SMILES string of the molecule is O=C(CCN1c2ccccc2Sc2ccccc21)Nc1ccc2[nH]c(=O)[nH]c2c1. The summed E-state index contributed by atoms with van der Waals surface area (Å²) in [4.78, 5) is 34.0. The van der Waals surface area contributed by atoms with Gasteiger partial charge in [0.05, 0.1) is 22.4 Å². The van der Waals surface area contributed by atoms with Crippen molar-refractivity contribution >= 4 is 45.8 Å². The zero-order chi connectivity index (χ0) is 19.8. The van der Waals surface area contributed by atoms with Crippen molar-refractivity contribution in [3.8, 4) is 0 Å². The Labute approximate surface area is 171 Å². The molecule has 0 fully saturated rings. The summed E-state index contributed by atoms with van der Waals surface area (Å²) in [6.45, 7) is 0.573. The molecule has 3 aromatic carbocycles. The summed E-state index contributed by atoms with van der Waals surface area (Å²) >= 11 is 1.75. The molecule has 0 atom stereocenters. The molecule has 1 aliphatic heterocycles. The van der Waals surface area contributed by atoms with Gasteiger partial charge in [-0.2, -0.15) is 0 Å². The highest BCUT2D eigenvalue weighted by molar-refractivity contribution is 7.99. The van der Waals surface area contributed by atoms with Crippen molar-refractivity contribution in [2.75, 3.05) is 16.8 Å². The summed E-state index contributed by atoms with van der Waals surface area (Å²) in [5.41, 5.74) is 4.03. The number of carbonyl (C=O) groups is 1. The summed E-state index contributed by atoms with van der Waals surface area (Å²) < 4.78 is 0. The number of nitrogens with one attached hydrogen (secondary N) is 3. The fourth-order valence-electron chi connectivity index (χ4n) is 3.57. The molecular weight excluding hydrogens is 384 g/mol. The maximum atomic E-state index is 12.6. The van der Waals surface area contributed by atoms with E-state index >= 15 is 0 Å². The third-order valence-corrected chi connectivity index (χ3v) is 6.02. The summed E-state index contributed by atoms with van der Waals surface area (Å²) in [5.74, 6) is -0.0737. The number of H-pyrrole nitrogens is 2. The van der Waals surface area contributed by atoms with Crippen LogP contribution in [0.2, 0.25) is 0 Å². The molecular formula is C22H18N4O2S. The molecule has 3 N–H and O–H groups in total. The molecule has 1 aromatic heterocycles. The lowest BCUT2D eigenvalue weighted by Crippen LogP contribution is -2.25. The molecule has 0 aliphatic carbocycles. The van der Waals surface area contributed by atoms with E-state index in [0.717, 1.165) is 11.4 Å². The van der Waals surface area contributed by atoms with Gasteiger partial charge in [-0.3, -0.25) is 4.79 Å². The molecule has 0 radical (unpaired) electrons. The Balaban J connectivity index is 1.34. The van der Waals surface area contributed by atoms with Gasteiger partial charge < -0.3 is 20.2 Å². The smallest absolute Gasteiger partial charge is 0.323 e. The van der Waals surface area contributed by atoms with Crippen LogP contribution in [0.15, 0.2) is 81.3 Å². The summed E-state index contributed by atoms with van der Waals surface area (Å²) in [6, 6.07) is 21.8. The summed E-state index contributed by atoms with van der Waals surface area (Å²) in [6.07, 6.45) is 0.342. The molecule has 1 aliphatic rings. The Hall–Kier alpha value is -3.45. The molecule has 2 heterocycles. The van der Waals surface area contributed by atoms with E-state index in [2.05, 4.69) is 44.5 Å². The minimum absolute atomic E-state index is 0.0737. The van der Waals surface area contributed by atoms with Gasteiger partial charge >= 0.3 is 5.69 Å². The number of imidazole rings is 1. The lowest BCUT2D eigenvalue weighted by atomic mass is 10.2. The molecule has 5 rings (SSSR count). The molecule has 4 aromatic rings. The molecule has 0 unspecified atom stereocenters. The fraction of sp³-hybridized carbons (Fsp3) is 0.0909. The van der Waals surface area contributed by atoms with Crippen molar-refractivity contribution < 1.29 is 4.79 Å². The lowest BCUT2D eigenvalue weighted by Gasteiger charge is -2.32. The zero-order valence-electron chi connectivity index (χ0n) is 15.4. The van der Waals surface area contributed by atoms with Crippen LogP contribution in [-0.4, -0.2) is 22.4 Å². The van der Waals surface area contributed by atoms with Crippen LogP contribution in [-0.2, 0) is 4.79 Å². The van der Waals surface area contributed by atoms with Crippen LogP contribution in [0.4, 0.5) is 17.1 Å². The van der Waals surface area contributed by atoms with Gasteiger partial charge in [-0.15, -0.1) is 0 Å². The van der Waals surface area contributed by atoms with Gasteiger partial charge in [0.25, 0.3) is 0 Å². The van der Waals surface area contributed by atoms with Gasteiger partial charge in [-0.1, -0.05) is 36.0 Å². The lowest BCUT2D eigenvalue weighted by molar-refractivity contribution is -0.116. The number of hydrogen-bond acceptors (Lipinski definition) is 4. The number of nitrogens with zero attached hydrogens (tertiary/aromatic N) is 1. The van der Waals surface area contributed by atoms with E-state index in [0.29, 0.717) is 29.7 Å². The number of anilines is 3. The number of fused-ring (bicyclic) bond motifs is 3. The Morgan fingerprint density at radius 2 is 1.55 bits per heavy atom. The molecule has 0 bridgehead atoms. The first-order valence-corrected chi connectivity index (χ1v) is 10.1. The Bertz CT molecular complexity index is 1230. The number of amides is 1. The quantitative estimate of drug-likeness (QED) is 0.470. The average molecular weight is 402 g/mol. The van der Waals surface area contributed by atoms with Gasteiger partial charge in [0, 0.05) is 28.4 Å². The minimum Gasteiger partial charge on any atom is -0.339 e. The van der Waals surface area contributed by atoms with Crippen molar-refractivity contribution in [3.05, 3.63) is 77.2 Å². The first kappa shape index (κ1) is 17.6. The van der Waals surface area contributed by atoms with Crippen LogP contribution < -0.4 is 15.9 Å². The Kier molecular flexibility index (Phi) is 4.37. The van der Waals surface area contributed by atoms with E-state index in [1.165, 1.54) is 9.79 Å². The van der Waals surface area contributed by atoms with E-state index in [9.17, 15) is 9.59 Å². The van der Waals surface area contributed by atoms with E-state index in [-0.39, 0.29) is 11.6 Å². The van der Waals surface area contributed by atoms with Gasteiger partial charge in [-0.05, 0) is 42.5 Å². The van der Waals surface area contributed by atoms with Crippen LogP contribution in [0, 0.1) is 0 Å². The summed E-state index contributed by atoms with van der Waals surface area (Å²) in [7, 11) is 0. The second-order valence-electron chi connectivity index (χ2n) is 6.83. The molecule has 144 valence electrons. The van der Waals surface area contributed by atoms with Gasteiger partial charge in [-0.25, -0.2) is 4.79 Å². The minimum atomic E-state index is -0.260. The number of para-hydroxylation sites is 2. The van der Waals surface area contributed by atoms with Crippen molar-refractivity contribution in [2.45, 2.75) is 16.2 Å². The highest BCUT2D eigenvalue weighted by Gasteiger charge is 2.23. The van der Waals surface area contributed by atoms with Crippen molar-refractivity contribution in [1.29, 1.82) is 0 Å². The second-order valence-corrected chi connectivity index (χ2v) is 7.91. The van der Waals surface area contributed by atoms with Crippen LogP contribution in [0.5, 0.6) is 0 Å². The fourth-order valence-corrected chi connectivity index (χ4v) is 4.66. The highest BCUT2D eigenvalue weighted by atomic mass is 32.2. The summed E-state index contributed by atoms with van der Waals surface area (Å²) in [5, 5.41) is 2.92. The number of rotatable bonds is 4. The van der Waals surface area contributed by atoms with Crippen molar-refractivity contribution in [2.24, 2.45) is 0 Å². The molecule has 0 saturated carbocycles. The molecule has 0 spiro atoms. The maximum absolute atomic E-state index is 12.6.